The molecule has 1 heteroatoms. The highest BCUT2D eigenvalue weighted by atomic mass is 14.7. The quantitative estimate of drug-likeness (QED) is 0.577. The molecule has 0 aromatic rings. The van der Waals surface area contributed by atoms with Gasteiger partial charge < -0.3 is 5.73 Å². The van der Waals surface area contributed by atoms with Crippen LogP contribution in [-0.4, -0.2) is 5.54 Å². The van der Waals surface area contributed by atoms with Crippen LogP contribution in [0, 0.1) is 0 Å². The summed E-state index contributed by atoms with van der Waals surface area (Å²) in [6.45, 7) is 9.98. The first-order valence-electron chi connectivity index (χ1n) is 3.41. The van der Waals surface area contributed by atoms with Gasteiger partial charge in [0.15, 0.2) is 0 Å². The molecular formula is C8H17N. The van der Waals surface area contributed by atoms with Gasteiger partial charge in [-0.2, -0.15) is 0 Å². The largest absolute Gasteiger partial charge is 0.325 e. The molecule has 0 amide bonds. The van der Waals surface area contributed by atoms with Crippen LogP contribution in [-0.2, 0) is 0 Å². The highest BCUT2D eigenvalue weighted by Crippen LogP contribution is 2.14. The topological polar surface area (TPSA) is 26.0 Å². The van der Waals surface area contributed by atoms with Crippen molar-refractivity contribution in [2.24, 2.45) is 5.73 Å². The molecule has 0 aliphatic carbocycles. The zero-order valence-electron chi connectivity index (χ0n) is 6.70. The molecule has 1 unspecified atom stereocenters. The Kier molecular flexibility index (Phi) is 2.92. The summed E-state index contributed by atoms with van der Waals surface area (Å²) in [4.78, 5) is 0. The Bertz CT molecular complexity index is 103. The molecule has 0 aromatic carbocycles. The van der Waals surface area contributed by atoms with Crippen molar-refractivity contribution in [2.75, 3.05) is 0 Å². The summed E-state index contributed by atoms with van der Waals surface area (Å²) in [5.74, 6) is 0. The van der Waals surface area contributed by atoms with Gasteiger partial charge in [0.25, 0.3) is 0 Å². The normalized spacial score (nSPS) is 16.9. The van der Waals surface area contributed by atoms with Crippen LogP contribution in [0.15, 0.2) is 12.2 Å². The van der Waals surface area contributed by atoms with Crippen LogP contribution >= 0.6 is 0 Å². The molecule has 0 saturated heterocycles. The van der Waals surface area contributed by atoms with Gasteiger partial charge in [-0.15, -0.1) is 6.58 Å². The molecule has 0 bridgehead atoms. The maximum absolute atomic E-state index is 5.86. The standard InChI is InChI=1S/C8H17N/c1-5-8(4,9)6-7(2)3/h2,5-6,9H2,1,3-4H3. The average molecular weight is 127 g/mol. The van der Waals surface area contributed by atoms with Crippen LogP contribution in [0.1, 0.15) is 33.6 Å². The minimum Gasteiger partial charge on any atom is -0.325 e. The zero-order valence-corrected chi connectivity index (χ0v) is 6.70. The second-order valence-corrected chi connectivity index (χ2v) is 3.14. The number of nitrogens with two attached hydrogens (primary N) is 1. The third-order valence-electron chi connectivity index (χ3n) is 1.51. The Balaban J connectivity index is 3.71. The summed E-state index contributed by atoms with van der Waals surface area (Å²) in [6, 6.07) is 0. The lowest BCUT2D eigenvalue weighted by Gasteiger charge is -2.22. The summed E-state index contributed by atoms with van der Waals surface area (Å²) >= 11 is 0. The zero-order chi connectivity index (χ0) is 7.49. The van der Waals surface area contributed by atoms with E-state index in [1.807, 2.05) is 6.92 Å². The molecule has 9 heavy (non-hydrogen) atoms. The van der Waals surface area contributed by atoms with Crippen molar-refractivity contribution in [3.05, 3.63) is 12.2 Å². The molecular weight excluding hydrogens is 110 g/mol. The lowest BCUT2D eigenvalue weighted by molar-refractivity contribution is 0.449. The first kappa shape index (κ1) is 8.70. The van der Waals surface area contributed by atoms with E-state index >= 15 is 0 Å². The van der Waals surface area contributed by atoms with Gasteiger partial charge in [0.05, 0.1) is 0 Å². The second-order valence-electron chi connectivity index (χ2n) is 3.14. The predicted octanol–water partition coefficient (Wildman–Crippen LogP) is 2.08. The molecule has 0 aliphatic heterocycles. The van der Waals surface area contributed by atoms with E-state index in [0.29, 0.717) is 0 Å². The molecule has 54 valence electrons. The van der Waals surface area contributed by atoms with Crippen molar-refractivity contribution in [1.29, 1.82) is 0 Å². The first-order valence-corrected chi connectivity index (χ1v) is 3.41. The Labute approximate surface area is 57.9 Å². The highest BCUT2D eigenvalue weighted by molar-refractivity contribution is 4.97. The highest BCUT2D eigenvalue weighted by Gasteiger charge is 2.14. The maximum atomic E-state index is 5.86. The molecule has 1 nitrogen and oxygen atoms in total. The van der Waals surface area contributed by atoms with Crippen LogP contribution in [0.3, 0.4) is 0 Å². The van der Waals surface area contributed by atoms with Crippen LogP contribution in [0.2, 0.25) is 0 Å². The van der Waals surface area contributed by atoms with E-state index in [4.69, 9.17) is 5.73 Å². The molecule has 0 spiro atoms. The molecule has 0 aliphatic rings. The lowest BCUT2D eigenvalue weighted by Crippen LogP contribution is -2.35. The lowest BCUT2D eigenvalue weighted by atomic mass is 9.93. The van der Waals surface area contributed by atoms with Gasteiger partial charge in [-0.3, -0.25) is 0 Å². The minimum atomic E-state index is -0.0359. The Morgan fingerprint density at radius 1 is 1.67 bits per heavy atom. The van der Waals surface area contributed by atoms with Crippen LogP contribution in [0.4, 0.5) is 0 Å². The van der Waals surface area contributed by atoms with E-state index in [9.17, 15) is 0 Å². The monoisotopic (exact) mass is 127 g/mol. The van der Waals surface area contributed by atoms with E-state index < -0.39 is 0 Å². The second kappa shape index (κ2) is 3.02. The van der Waals surface area contributed by atoms with Gasteiger partial charge in [0.2, 0.25) is 0 Å². The van der Waals surface area contributed by atoms with Crippen LogP contribution in [0.25, 0.3) is 0 Å². The van der Waals surface area contributed by atoms with E-state index in [2.05, 4.69) is 20.4 Å². The van der Waals surface area contributed by atoms with E-state index in [1.54, 1.807) is 0 Å². The molecule has 0 aromatic heterocycles. The summed E-state index contributed by atoms with van der Waals surface area (Å²) < 4.78 is 0. The van der Waals surface area contributed by atoms with E-state index in [0.717, 1.165) is 12.8 Å². The smallest absolute Gasteiger partial charge is 0.0160 e. The summed E-state index contributed by atoms with van der Waals surface area (Å²) in [6.07, 6.45) is 1.95. The number of hydrogen-bond donors (Lipinski definition) is 1. The van der Waals surface area contributed by atoms with E-state index in [-0.39, 0.29) is 5.54 Å². The Morgan fingerprint density at radius 3 is 2.22 bits per heavy atom. The summed E-state index contributed by atoms with van der Waals surface area (Å²) in [5.41, 5.74) is 6.99. The number of rotatable bonds is 3. The van der Waals surface area contributed by atoms with Crippen molar-refractivity contribution >= 4 is 0 Å². The van der Waals surface area contributed by atoms with Crippen molar-refractivity contribution in [1.82, 2.24) is 0 Å². The minimum absolute atomic E-state index is 0.0359. The Morgan fingerprint density at radius 2 is 2.11 bits per heavy atom. The predicted molar refractivity (Wildman–Crippen MR) is 42.3 cm³/mol. The van der Waals surface area contributed by atoms with Crippen LogP contribution < -0.4 is 5.73 Å². The average Bonchev–Trinajstić information content (AvgIpc) is 1.63. The van der Waals surface area contributed by atoms with Crippen molar-refractivity contribution < 1.29 is 0 Å². The van der Waals surface area contributed by atoms with Crippen molar-refractivity contribution in [3.63, 3.8) is 0 Å². The Hall–Kier alpha value is -0.300. The third-order valence-corrected chi connectivity index (χ3v) is 1.51. The molecule has 0 saturated carbocycles. The van der Waals surface area contributed by atoms with Gasteiger partial charge in [0, 0.05) is 5.54 Å². The fourth-order valence-corrected chi connectivity index (χ4v) is 0.814. The van der Waals surface area contributed by atoms with Crippen LogP contribution in [0.5, 0.6) is 0 Å². The fraction of sp³-hybridized carbons (Fsp3) is 0.750. The molecule has 2 N–H and O–H groups in total. The molecule has 0 rings (SSSR count). The molecule has 1 atom stereocenters. The van der Waals surface area contributed by atoms with Crippen molar-refractivity contribution in [2.45, 2.75) is 39.2 Å². The van der Waals surface area contributed by atoms with Gasteiger partial charge in [-0.1, -0.05) is 12.5 Å². The molecule has 0 heterocycles. The van der Waals surface area contributed by atoms with E-state index in [1.165, 1.54) is 5.57 Å². The third kappa shape index (κ3) is 4.22. The van der Waals surface area contributed by atoms with Gasteiger partial charge in [-0.25, -0.2) is 0 Å². The maximum Gasteiger partial charge on any atom is 0.0160 e. The van der Waals surface area contributed by atoms with Gasteiger partial charge >= 0.3 is 0 Å². The molecule has 0 fully saturated rings. The SMILES string of the molecule is C=C(C)CC(C)(N)CC. The first-order chi connectivity index (χ1) is 3.98. The fourth-order valence-electron chi connectivity index (χ4n) is 0.814. The van der Waals surface area contributed by atoms with Gasteiger partial charge in [0.1, 0.15) is 0 Å². The molecule has 0 radical (unpaired) electrons. The van der Waals surface area contributed by atoms with Crippen molar-refractivity contribution in [3.8, 4) is 0 Å². The van der Waals surface area contributed by atoms with Gasteiger partial charge in [-0.05, 0) is 26.7 Å². The summed E-state index contributed by atoms with van der Waals surface area (Å²) in [7, 11) is 0. The summed E-state index contributed by atoms with van der Waals surface area (Å²) in [5, 5.41) is 0. The number of hydrogen-bond acceptors (Lipinski definition) is 1.